The first-order valence-corrected chi connectivity index (χ1v) is 5.44. The van der Waals surface area contributed by atoms with Gasteiger partial charge in [0.05, 0.1) is 5.69 Å². The highest BCUT2D eigenvalue weighted by Gasteiger charge is 2.31. The van der Waals surface area contributed by atoms with Gasteiger partial charge in [-0.2, -0.15) is 13.2 Å². The summed E-state index contributed by atoms with van der Waals surface area (Å²) in [4.78, 5) is 5.32. The molecule has 0 amide bonds. The quantitative estimate of drug-likeness (QED) is 0.868. The summed E-state index contributed by atoms with van der Waals surface area (Å²) in [5, 5.41) is 0. The van der Waals surface area contributed by atoms with Crippen LogP contribution in [0.1, 0.15) is 19.0 Å². The molecule has 1 aromatic heterocycles. The Morgan fingerprint density at radius 1 is 1.35 bits per heavy atom. The van der Waals surface area contributed by atoms with Crippen LogP contribution in [0.4, 0.5) is 19.0 Å². The van der Waals surface area contributed by atoms with E-state index >= 15 is 0 Å². The highest BCUT2D eigenvalue weighted by molar-refractivity contribution is 5.39. The van der Waals surface area contributed by atoms with Crippen LogP contribution in [0, 0.1) is 0 Å². The molecule has 1 heterocycles. The number of alkyl halides is 3. The van der Waals surface area contributed by atoms with Crippen LogP contribution >= 0.6 is 0 Å². The fourth-order valence-electron chi connectivity index (χ4n) is 1.52. The fraction of sp³-hybridized carbons (Fsp3) is 0.545. The molecule has 96 valence electrons. The largest absolute Gasteiger partial charge is 0.405 e. The van der Waals surface area contributed by atoms with Gasteiger partial charge in [0.15, 0.2) is 0 Å². The molecule has 0 atom stereocenters. The predicted molar refractivity (Wildman–Crippen MR) is 60.7 cm³/mol. The van der Waals surface area contributed by atoms with E-state index in [2.05, 4.69) is 4.98 Å². The van der Waals surface area contributed by atoms with Gasteiger partial charge in [0, 0.05) is 13.1 Å². The molecule has 0 saturated heterocycles. The standard InChI is InChI=1S/C11H16F3N3/c1-2-6-17(8-11(12,13)14)10-5-3-4-9(7-15)16-10/h3-5H,2,6-8,15H2,1H3. The Kier molecular flexibility index (Phi) is 4.74. The van der Waals surface area contributed by atoms with E-state index in [1.807, 2.05) is 6.92 Å². The van der Waals surface area contributed by atoms with Crippen molar-refractivity contribution in [2.75, 3.05) is 18.0 Å². The van der Waals surface area contributed by atoms with E-state index < -0.39 is 12.7 Å². The first kappa shape index (κ1) is 13.8. The summed E-state index contributed by atoms with van der Waals surface area (Å²) in [6, 6.07) is 4.94. The van der Waals surface area contributed by atoms with Gasteiger partial charge in [-0.1, -0.05) is 13.0 Å². The van der Waals surface area contributed by atoms with E-state index in [0.717, 1.165) is 0 Å². The molecule has 2 N–H and O–H groups in total. The van der Waals surface area contributed by atoms with Crippen molar-refractivity contribution in [1.29, 1.82) is 0 Å². The molecule has 0 radical (unpaired) electrons. The minimum Gasteiger partial charge on any atom is -0.348 e. The Bertz CT molecular complexity index is 352. The summed E-state index contributed by atoms with van der Waals surface area (Å²) in [6.07, 6.45) is -3.60. The molecule has 6 heteroatoms. The average Bonchev–Trinajstić information content (AvgIpc) is 2.27. The lowest BCUT2D eigenvalue weighted by Gasteiger charge is -2.24. The van der Waals surface area contributed by atoms with E-state index in [9.17, 15) is 13.2 Å². The average molecular weight is 247 g/mol. The first-order chi connectivity index (χ1) is 7.96. The molecule has 0 aromatic carbocycles. The third kappa shape index (κ3) is 4.60. The zero-order valence-electron chi connectivity index (χ0n) is 9.67. The molecule has 1 rings (SSSR count). The van der Waals surface area contributed by atoms with Crippen molar-refractivity contribution in [3.05, 3.63) is 23.9 Å². The van der Waals surface area contributed by atoms with E-state index in [-0.39, 0.29) is 6.54 Å². The Labute approximate surface area is 98.4 Å². The molecule has 0 unspecified atom stereocenters. The third-order valence-electron chi connectivity index (χ3n) is 2.19. The van der Waals surface area contributed by atoms with Crippen molar-refractivity contribution >= 4 is 5.82 Å². The topological polar surface area (TPSA) is 42.1 Å². The van der Waals surface area contributed by atoms with Crippen LogP contribution in [0.2, 0.25) is 0 Å². The lowest BCUT2D eigenvalue weighted by atomic mass is 10.3. The lowest BCUT2D eigenvalue weighted by molar-refractivity contribution is -0.119. The Hall–Kier alpha value is -1.30. The number of aromatic nitrogens is 1. The maximum atomic E-state index is 12.4. The minimum atomic E-state index is -4.23. The van der Waals surface area contributed by atoms with Gasteiger partial charge in [-0.25, -0.2) is 4.98 Å². The van der Waals surface area contributed by atoms with E-state index in [0.29, 0.717) is 24.5 Å². The van der Waals surface area contributed by atoms with Crippen LogP contribution < -0.4 is 10.6 Å². The molecular weight excluding hydrogens is 231 g/mol. The summed E-state index contributed by atoms with van der Waals surface area (Å²) in [6.45, 7) is 1.39. The van der Waals surface area contributed by atoms with Crippen LogP contribution in [0.5, 0.6) is 0 Å². The van der Waals surface area contributed by atoms with Crippen molar-refractivity contribution < 1.29 is 13.2 Å². The number of rotatable bonds is 5. The maximum Gasteiger partial charge on any atom is 0.405 e. The molecule has 17 heavy (non-hydrogen) atoms. The highest BCUT2D eigenvalue weighted by Crippen LogP contribution is 2.21. The van der Waals surface area contributed by atoms with Crippen LogP contribution in [0.3, 0.4) is 0 Å². The molecule has 3 nitrogen and oxygen atoms in total. The Balaban J connectivity index is 2.88. The molecule has 0 fully saturated rings. The molecule has 0 aliphatic heterocycles. The first-order valence-electron chi connectivity index (χ1n) is 5.44. The van der Waals surface area contributed by atoms with Crippen molar-refractivity contribution in [3.8, 4) is 0 Å². The highest BCUT2D eigenvalue weighted by atomic mass is 19.4. The van der Waals surface area contributed by atoms with Crippen molar-refractivity contribution in [2.45, 2.75) is 26.1 Å². The second kappa shape index (κ2) is 5.86. The van der Waals surface area contributed by atoms with Crippen molar-refractivity contribution in [2.24, 2.45) is 5.73 Å². The fourth-order valence-corrected chi connectivity index (χ4v) is 1.52. The Morgan fingerprint density at radius 3 is 2.59 bits per heavy atom. The minimum absolute atomic E-state index is 0.222. The monoisotopic (exact) mass is 247 g/mol. The molecular formula is C11H16F3N3. The van der Waals surface area contributed by atoms with Crippen molar-refractivity contribution in [3.63, 3.8) is 0 Å². The predicted octanol–water partition coefficient (Wildman–Crippen LogP) is 2.32. The second-order valence-corrected chi connectivity index (χ2v) is 3.73. The second-order valence-electron chi connectivity index (χ2n) is 3.73. The van der Waals surface area contributed by atoms with Gasteiger partial charge >= 0.3 is 6.18 Å². The van der Waals surface area contributed by atoms with Crippen LogP contribution in [-0.2, 0) is 6.54 Å². The van der Waals surface area contributed by atoms with Gasteiger partial charge in [-0.3, -0.25) is 0 Å². The zero-order valence-corrected chi connectivity index (χ0v) is 9.67. The SMILES string of the molecule is CCCN(CC(F)(F)F)c1cccc(CN)n1. The molecule has 0 aliphatic rings. The normalized spacial score (nSPS) is 11.6. The summed E-state index contributed by atoms with van der Waals surface area (Å²) in [5.41, 5.74) is 6.01. The molecule has 0 spiro atoms. The summed E-state index contributed by atoms with van der Waals surface area (Å²) in [7, 11) is 0. The van der Waals surface area contributed by atoms with Gasteiger partial charge in [0.25, 0.3) is 0 Å². The summed E-state index contributed by atoms with van der Waals surface area (Å²) in [5.74, 6) is 0.326. The third-order valence-corrected chi connectivity index (χ3v) is 2.19. The number of nitrogens with two attached hydrogens (primary N) is 1. The number of hydrogen-bond acceptors (Lipinski definition) is 3. The maximum absolute atomic E-state index is 12.4. The summed E-state index contributed by atoms with van der Waals surface area (Å²) < 4.78 is 37.2. The van der Waals surface area contributed by atoms with Gasteiger partial charge < -0.3 is 10.6 Å². The van der Waals surface area contributed by atoms with Crippen molar-refractivity contribution in [1.82, 2.24) is 4.98 Å². The smallest absolute Gasteiger partial charge is 0.348 e. The van der Waals surface area contributed by atoms with Crippen LogP contribution in [-0.4, -0.2) is 24.2 Å². The number of hydrogen-bond donors (Lipinski definition) is 1. The summed E-state index contributed by atoms with van der Waals surface area (Å²) >= 11 is 0. The molecule has 0 bridgehead atoms. The van der Waals surface area contributed by atoms with Gasteiger partial charge in [-0.15, -0.1) is 0 Å². The molecule has 0 aliphatic carbocycles. The zero-order chi connectivity index (χ0) is 12.9. The number of nitrogens with zero attached hydrogens (tertiary/aromatic N) is 2. The van der Waals surface area contributed by atoms with E-state index in [1.54, 1.807) is 18.2 Å². The van der Waals surface area contributed by atoms with E-state index in [4.69, 9.17) is 5.73 Å². The molecule has 0 saturated carbocycles. The van der Waals surface area contributed by atoms with Gasteiger partial charge in [0.1, 0.15) is 12.4 Å². The van der Waals surface area contributed by atoms with Gasteiger partial charge in [0.2, 0.25) is 0 Å². The lowest BCUT2D eigenvalue weighted by Crippen LogP contribution is -2.35. The number of anilines is 1. The Morgan fingerprint density at radius 2 is 2.06 bits per heavy atom. The van der Waals surface area contributed by atoms with Crippen LogP contribution in [0.15, 0.2) is 18.2 Å². The van der Waals surface area contributed by atoms with Crippen LogP contribution in [0.25, 0.3) is 0 Å². The number of halogens is 3. The van der Waals surface area contributed by atoms with E-state index in [1.165, 1.54) is 4.90 Å². The number of pyridine rings is 1. The van der Waals surface area contributed by atoms with Gasteiger partial charge in [-0.05, 0) is 18.6 Å². The molecule has 1 aromatic rings.